The molecule has 0 radical (unpaired) electrons. The Morgan fingerprint density at radius 1 is 1.16 bits per heavy atom. The highest BCUT2D eigenvalue weighted by Gasteiger charge is 2.32. The third-order valence-corrected chi connectivity index (χ3v) is 5.21. The van der Waals surface area contributed by atoms with Crippen LogP contribution in [0.1, 0.15) is 72.6 Å². The molecular formula is C17H35NO. The molecule has 1 aliphatic rings. The molecule has 0 unspecified atom stereocenters. The Hall–Kier alpha value is -0.0800. The molecule has 1 fully saturated rings. The van der Waals surface area contributed by atoms with E-state index in [1.54, 1.807) is 0 Å². The van der Waals surface area contributed by atoms with E-state index >= 15 is 0 Å². The van der Waals surface area contributed by atoms with Gasteiger partial charge in [0.05, 0.1) is 0 Å². The molecule has 0 amide bonds. The van der Waals surface area contributed by atoms with Crippen molar-refractivity contribution in [2.75, 3.05) is 19.7 Å². The fourth-order valence-electron chi connectivity index (χ4n) is 3.26. The van der Waals surface area contributed by atoms with Crippen LogP contribution in [0.25, 0.3) is 0 Å². The van der Waals surface area contributed by atoms with E-state index in [9.17, 15) is 5.11 Å². The molecule has 1 aliphatic carbocycles. The summed E-state index contributed by atoms with van der Waals surface area (Å²) in [5, 5.41) is 9.82. The number of hydrogen-bond donors (Lipinski definition) is 1. The molecule has 1 rings (SSSR count). The van der Waals surface area contributed by atoms with Crippen molar-refractivity contribution in [3.05, 3.63) is 0 Å². The van der Waals surface area contributed by atoms with Gasteiger partial charge in [0, 0.05) is 24.6 Å². The normalized spacial score (nSPS) is 17.8. The molecule has 2 heteroatoms. The number of rotatable bonds is 9. The molecule has 19 heavy (non-hydrogen) atoms. The number of aliphatic hydroxyl groups excluding tert-OH is 1. The van der Waals surface area contributed by atoms with Gasteiger partial charge < -0.3 is 5.11 Å². The summed E-state index contributed by atoms with van der Waals surface area (Å²) in [5.41, 5.74) is 0.125. The fourth-order valence-corrected chi connectivity index (χ4v) is 3.26. The Morgan fingerprint density at radius 2 is 1.74 bits per heavy atom. The third-order valence-electron chi connectivity index (χ3n) is 5.21. The van der Waals surface area contributed by atoms with Crippen molar-refractivity contribution in [3.63, 3.8) is 0 Å². The minimum Gasteiger partial charge on any atom is -0.396 e. The van der Waals surface area contributed by atoms with Crippen molar-refractivity contribution in [2.45, 2.75) is 78.7 Å². The second-order valence-corrected chi connectivity index (χ2v) is 6.96. The highest BCUT2D eigenvalue weighted by atomic mass is 16.3. The maximum atomic E-state index is 9.82. The van der Waals surface area contributed by atoms with Crippen LogP contribution in [-0.2, 0) is 0 Å². The second kappa shape index (κ2) is 8.26. The summed E-state index contributed by atoms with van der Waals surface area (Å²) in [5.74, 6) is 0.774. The standard InChI is InChI=1S/C17H35NO/c1-5-17(6-2,14-19)13-18(12-11-15(3)4)16-9-7-8-10-16/h15-16,19H,5-14H2,1-4H3. The maximum Gasteiger partial charge on any atom is 0.0499 e. The molecule has 0 atom stereocenters. The van der Waals surface area contributed by atoms with Crippen LogP contribution >= 0.6 is 0 Å². The molecule has 0 aliphatic heterocycles. The van der Waals surface area contributed by atoms with E-state index in [4.69, 9.17) is 0 Å². The van der Waals surface area contributed by atoms with Crippen LogP contribution in [0.15, 0.2) is 0 Å². The molecule has 0 aromatic rings. The summed E-state index contributed by atoms with van der Waals surface area (Å²) in [4.78, 5) is 2.70. The molecule has 2 nitrogen and oxygen atoms in total. The Morgan fingerprint density at radius 3 is 2.16 bits per heavy atom. The van der Waals surface area contributed by atoms with Crippen LogP contribution in [0.5, 0.6) is 0 Å². The van der Waals surface area contributed by atoms with Crippen LogP contribution < -0.4 is 0 Å². The zero-order chi connectivity index (χ0) is 14.3. The monoisotopic (exact) mass is 269 g/mol. The first-order valence-corrected chi connectivity index (χ1v) is 8.41. The Bertz CT molecular complexity index is 221. The van der Waals surface area contributed by atoms with Crippen molar-refractivity contribution in [1.29, 1.82) is 0 Å². The van der Waals surface area contributed by atoms with Gasteiger partial charge >= 0.3 is 0 Å². The summed E-state index contributed by atoms with van der Waals surface area (Å²) in [6.07, 6.45) is 8.99. The molecule has 114 valence electrons. The van der Waals surface area contributed by atoms with Crippen molar-refractivity contribution in [1.82, 2.24) is 4.90 Å². The van der Waals surface area contributed by atoms with Crippen LogP contribution in [-0.4, -0.2) is 35.7 Å². The van der Waals surface area contributed by atoms with Crippen molar-refractivity contribution in [3.8, 4) is 0 Å². The zero-order valence-corrected chi connectivity index (χ0v) is 13.6. The summed E-state index contributed by atoms with van der Waals surface area (Å²) in [6, 6.07) is 0.780. The zero-order valence-electron chi connectivity index (χ0n) is 13.6. The summed E-state index contributed by atoms with van der Waals surface area (Å²) >= 11 is 0. The average Bonchev–Trinajstić information content (AvgIpc) is 2.94. The van der Waals surface area contributed by atoms with E-state index in [-0.39, 0.29) is 5.41 Å². The minimum atomic E-state index is 0.125. The summed E-state index contributed by atoms with van der Waals surface area (Å²) < 4.78 is 0. The summed E-state index contributed by atoms with van der Waals surface area (Å²) in [7, 11) is 0. The first-order valence-electron chi connectivity index (χ1n) is 8.41. The van der Waals surface area contributed by atoms with Crippen LogP contribution in [0.2, 0.25) is 0 Å². The molecular weight excluding hydrogens is 234 g/mol. The lowest BCUT2D eigenvalue weighted by molar-refractivity contribution is 0.0453. The number of aliphatic hydroxyl groups is 1. The van der Waals surface area contributed by atoms with Gasteiger partial charge in [-0.15, -0.1) is 0 Å². The first-order chi connectivity index (χ1) is 9.06. The van der Waals surface area contributed by atoms with Crippen molar-refractivity contribution < 1.29 is 5.11 Å². The average molecular weight is 269 g/mol. The lowest BCUT2D eigenvalue weighted by Crippen LogP contribution is -2.44. The van der Waals surface area contributed by atoms with Gasteiger partial charge in [0.15, 0.2) is 0 Å². The van der Waals surface area contributed by atoms with Crippen molar-refractivity contribution >= 4 is 0 Å². The van der Waals surface area contributed by atoms with Gasteiger partial charge in [0.25, 0.3) is 0 Å². The smallest absolute Gasteiger partial charge is 0.0499 e. The van der Waals surface area contributed by atoms with Crippen LogP contribution in [0.3, 0.4) is 0 Å². The van der Waals surface area contributed by atoms with E-state index in [1.807, 2.05) is 0 Å². The quantitative estimate of drug-likeness (QED) is 0.682. The van der Waals surface area contributed by atoms with Gasteiger partial charge in [-0.1, -0.05) is 40.5 Å². The predicted octanol–water partition coefficient (Wildman–Crippen LogP) is 4.08. The molecule has 0 heterocycles. The van der Waals surface area contributed by atoms with E-state index in [0.29, 0.717) is 6.61 Å². The molecule has 0 spiro atoms. The van der Waals surface area contributed by atoms with Gasteiger partial charge in [-0.05, 0) is 44.6 Å². The van der Waals surface area contributed by atoms with Crippen LogP contribution in [0.4, 0.5) is 0 Å². The lowest BCUT2D eigenvalue weighted by Gasteiger charge is -2.39. The second-order valence-electron chi connectivity index (χ2n) is 6.96. The topological polar surface area (TPSA) is 23.5 Å². The molecule has 1 saturated carbocycles. The SMILES string of the molecule is CCC(CC)(CO)CN(CCC(C)C)C1CCCC1. The maximum absolute atomic E-state index is 9.82. The van der Waals surface area contributed by atoms with Gasteiger partial charge in [0.2, 0.25) is 0 Å². The Kier molecular flexibility index (Phi) is 7.38. The molecule has 1 N–H and O–H groups in total. The molecule has 0 aromatic carbocycles. The Labute approximate surface area is 120 Å². The predicted molar refractivity (Wildman–Crippen MR) is 83.4 cm³/mol. The van der Waals surface area contributed by atoms with Gasteiger partial charge in [-0.3, -0.25) is 4.90 Å². The lowest BCUT2D eigenvalue weighted by atomic mass is 9.82. The van der Waals surface area contributed by atoms with E-state index in [1.165, 1.54) is 38.6 Å². The van der Waals surface area contributed by atoms with E-state index < -0.39 is 0 Å². The molecule has 0 aromatic heterocycles. The highest BCUT2D eigenvalue weighted by molar-refractivity contribution is 4.85. The van der Waals surface area contributed by atoms with Gasteiger partial charge in [0.1, 0.15) is 0 Å². The van der Waals surface area contributed by atoms with Gasteiger partial charge in [-0.25, -0.2) is 0 Å². The van der Waals surface area contributed by atoms with Crippen molar-refractivity contribution in [2.24, 2.45) is 11.3 Å². The van der Waals surface area contributed by atoms with E-state index in [0.717, 1.165) is 31.3 Å². The number of hydrogen-bond acceptors (Lipinski definition) is 2. The third kappa shape index (κ3) is 5.07. The van der Waals surface area contributed by atoms with E-state index in [2.05, 4.69) is 32.6 Å². The largest absolute Gasteiger partial charge is 0.396 e. The number of nitrogens with zero attached hydrogens (tertiary/aromatic N) is 1. The summed E-state index contributed by atoms with van der Waals surface area (Å²) in [6.45, 7) is 11.7. The van der Waals surface area contributed by atoms with Gasteiger partial charge in [-0.2, -0.15) is 0 Å². The Balaban J connectivity index is 2.65. The molecule has 0 saturated heterocycles. The highest BCUT2D eigenvalue weighted by Crippen LogP contribution is 2.31. The first kappa shape index (κ1) is 17.0. The minimum absolute atomic E-state index is 0.125. The fraction of sp³-hybridized carbons (Fsp3) is 1.00. The molecule has 0 bridgehead atoms. The van der Waals surface area contributed by atoms with Crippen LogP contribution in [0, 0.1) is 11.3 Å².